The van der Waals surface area contributed by atoms with Crippen LogP contribution in [0.25, 0.3) is 10.2 Å². The van der Waals surface area contributed by atoms with Crippen LogP contribution in [0.1, 0.15) is 18.6 Å². The van der Waals surface area contributed by atoms with Crippen LogP contribution in [0.2, 0.25) is 15.1 Å². The molecule has 2 nitrogen and oxygen atoms in total. The highest BCUT2D eigenvalue weighted by Gasteiger charge is 2.20. The molecule has 0 N–H and O–H groups in total. The molecule has 3 rings (SSSR count). The van der Waals surface area contributed by atoms with Gasteiger partial charge in [-0.05, 0) is 25.1 Å². The van der Waals surface area contributed by atoms with E-state index in [1.807, 2.05) is 0 Å². The van der Waals surface area contributed by atoms with Crippen molar-refractivity contribution in [2.75, 3.05) is 0 Å². The van der Waals surface area contributed by atoms with Crippen molar-refractivity contribution >= 4 is 56.4 Å². The molecule has 113 valence electrons. The van der Waals surface area contributed by atoms with Crippen molar-refractivity contribution < 1.29 is 9.13 Å². The summed E-state index contributed by atoms with van der Waals surface area (Å²) < 4.78 is 20.3. The topological polar surface area (TPSA) is 22.1 Å². The molecule has 0 aliphatic heterocycles. The molecule has 22 heavy (non-hydrogen) atoms. The third-order valence-corrected chi connectivity index (χ3v) is 4.86. The number of hydrogen-bond acceptors (Lipinski definition) is 3. The second-order valence-corrected chi connectivity index (χ2v) is 6.59. The Labute approximate surface area is 145 Å². The minimum absolute atomic E-state index is 0.0525. The molecule has 0 saturated heterocycles. The number of fused-ring (bicyclic) bond motifs is 1. The highest BCUT2D eigenvalue weighted by atomic mass is 35.5. The fraction of sp³-hybridized carbons (Fsp3) is 0.133. The van der Waals surface area contributed by atoms with Gasteiger partial charge < -0.3 is 4.74 Å². The monoisotopic (exact) mass is 374 g/mol. The summed E-state index contributed by atoms with van der Waals surface area (Å²) in [5.41, 5.74) is 3.92. The molecule has 1 radical (unpaired) electrons. The summed E-state index contributed by atoms with van der Waals surface area (Å²) in [4.78, 5) is 4.06. The number of nitrogens with zero attached hydrogens (tertiary/aromatic N) is 1. The first-order chi connectivity index (χ1) is 10.5. The maximum absolute atomic E-state index is 13.6. The molecule has 0 saturated carbocycles. The Balaban J connectivity index is 1.98. The smallest absolute Gasteiger partial charge is 0.153 e. The van der Waals surface area contributed by atoms with E-state index in [9.17, 15) is 4.39 Å². The first kappa shape index (κ1) is 15.8. The number of rotatable bonds is 3. The second-order valence-electron chi connectivity index (χ2n) is 4.57. The highest BCUT2D eigenvalue weighted by Crippen LogP contribution is 2.38. The van der Waals surface area contributed by atoms with Crippen molar-refractivity contribution in [1.29, 1.82) is 0 Å². The molecule has 7 heteroatoms. The van der Waals surface area contributed by atoms with Crippen molar-refractivity contribution in [1.82, 2.24) is 4.98 Å². The van der Waals surface area contributed by atoms with Gasteiger partial charge in [-0.2, -0.15) is 0 Å². The summed E-state index contributed by atoms with van der Waals surface area (Å²) in [6.45, 7) is 1.73. The van der Waals surface area contributed by atoms with E-state index < -0.39 is 11.9 Å². The molecule has 0 fully saturated rings. The Morgan fingerprint density at radius 3 is 2.77 bits per heavy atom. The van der Waals surface area contributed by atoms with Crippen LogP contribution in [0, 0.1) is 11.3 Å². The molecule has 1 unspecified atom stereocenters. The van der Waals surface area contributed by atoms with Crippen LogP contribution in [0.3, 0.4) is 0 Å². The maximum atomic E-state index is 13.6. The predicted octanol–water partition coefficient (Wildman–Crippen LogP) is 6.34. The average molecular weight is 376 g/mol. The number of ether oxygens (including phenoxy) is 1. The first-order valence-electron chi connectivity index (χ1n) is 6.23. The lowest BCUT2D eigenvalue weighted by molar-refractivity contribution is 0.227. The van der Waals surface area contributed by atoms with Crippen LogP contribution >= 0.6 is 46.1 Å². The number of halogens is 4. The van der Waals surface area contributed by atoms with Crippen LogP contribution < -0.4 is 4.74 Å². The van der Waals surface area contributed by atoms with Gasteiger partial charge in [0.25, 0.3) is 0 Å². The molecule has 1 atom stereocenters. The van der Waals surface area contributed by atoms with E-state index in [-0.39, 0.29) is 5.02 Å². The van der Waals surface area contributed by atoms with E-state index in [4.69, 9.17) is 39.5 Å². The highest BCUT2D eigenvalue weighted by molar-refractivity contribution is 7.16. The van der Waals surface area contributed by atoms with Gasteiger partial charge in [-0.1, -0.05) is 34.8 Å². The minimum atomic E-state index is -0.567. The summed E-state index contributed by atoms with van der Waals surface area (Å²) in [5.74, 6) is -0.0918. The van der Waals surface area contributed by atoms with Crippen LogP contribution in [0.5, 0.6) is 5.75 Å². The van der Waals surface area contributed by atoms with Gasteiger partial charge in [0, 0.05) is 16.7 Å². The van der Waals surface area contributed by atoms with Crippen LogP contribution in [0.4, 0.5) is 4.39 Å². The van der Waals surface area contributed by atoms with Gasteiger partial charge in [0.15, 0.2) is 5.51 Å². The van der Waals surface area contributed by atoms with Crippen molar-refractivity contribution in [3.05, 3.63) is 56.2 Å². The van der Waals surface area contributed by atoms with Crippen molar-refractivity contribution in [3.63, 3.8) is 0 Å². The van der Waals surface area contributed by atoms with Gasteiger partial charge in [0.1, 0.15) is 17.7 Å². The second kappa shape index (κ2) is 6.20. The number of aromatic nitrogens is 1. The molecule has 3 aromatic rings. The molecule has 2 aromatic carbocycles. The largest absolute Gasteiger partial charge is 0.484 e. The molecular weight excluding hydrogens is 368 g/mol. The Morgan fingerprint density at radius 1 is 1.23 bits per heavy atom. The average Bonchev–Trinajstić information content (AvgIpc) is 2.91. The molecule has 1 heterocycles. The lowest BCUT2D eigenvalue weighted by Crippen LogP contribution is -2.06. The van der Waals surface area contributed by atoms with Crippen molar-refractivity contribution in [3.8, 4) is 5.75 Å². The Morgan fingerprint density at radius 2 is 2.00 bits per heavy atom. The van der Waals surface area contributed by atoms with Gasteiger partial charge >= 0.3 is 0 Å². The van der Waals surface area contributed by atoms with E-state index in [0.29, 0.717) is 21.4 Å². The predicted molar refractivity (Wildman–Crippen MR) is 88.9 cm³/mol. The summed E-state index contributed by atoms with van der Waals surface area (Å²) in [5, 5.41) is 0.688. The van der Waals surface area contributed by atoms with Gasteiger partial charge in [-0.15, -0.1) is 11.3 Å². The fourth-order valence-corrected chi connectivity index (χ4v) is 3.57. The van der Waals surface area contributed by atoms with Crippen molar-refractivity contribution in [2.45, 2.75) is 13.0 Å². The Bertz CT molecular complexity index is 852. The van der Waals surface area contributed by atoms with Crippen molar-refractivity contribution in [2.24, 2.45) is 0 Å². The Kier molecular flexibility index (Phi) is 4.46. The molecule has 0 spiro atoms. The first-order valence-corrected chi connectivity index (χ1v) is 8.18. The lowest BCUT2D eigenvalue weighted by Gasteiger charge is -2.18. The zero-order valence-corrected chi connectivity index (χ0v) is 14.2. The van der Waals surface area contributed by atoms with E-state index >= 15 is 0 Å². The third kappa shape index (κ3) is 2.88. The van der Waals surface area contributed by atoms with E-state index in [1.165, 1.54) is 23.5 Å². The zero-order chi connectivity index (χ0) is 15.9. The zero-order valence-electron chi connectivity index (χ0n) is 11.2. The minimum Gasteiger partial charge on any atom is -0.484 e. The standard InChI is InChI=1S/C15H8Cl3FNOS/c1-7(14-8(16)2-3-10(19)15(14)18)21-12-5-13-11(4-9(12)17)20-6-22-13/h2-5,7H,1H3. The van der Waals surface area contributed by atoms with Crippen LogP contribution in [0.15, 0.2) is 24.3 Å². The van der Waals surface area contributed by atoms with E-state index in [2.05, 4.69) is 10.5 Å². The molecule has 0 bridgehead atoms. The number of benzene rings is 2. The normalized spacial score (nSPS) is 12.6. The molecule has 1 aromatic heterocycles. The molecular formula is C15H8Cl3FNOS. The van der Waals surface area contributed by atoms with E-state index in [1.54, 1.807) is 19.1 Å². The summed E-state index contributed by atoms with van der Waals surface area (Å²) in [7, 11) is 0. The quantitative estimate of drug-likeness (QED) is 0.499. The third-order valence-electron chi connectivity index (χ3n) is 3.12. The lowest BCUT2D eigenvalue weighted by atomic mass is 10.1. The molecule has 0 amide bonds. The summed E-state index contributed by atoms with van der Waals surface area (Å²) in [6, 6.07) is 6.12. The molecule has 0 aliphatic rings. The van der Waals surface area contributed by atoms with Crippen LogP contribution in [-0.2, 0) is 0 Å². The Hall–Kier alpha value is -1.07. The fourth-order valence-electron chi connectivity index (χ4n) is 2.07. The van der Waals surface area contributed by atoms with Gasteiger partial charge in [0.2, 0.25) is 0 Å². The van der Waals surface area contributed by atoms with Crippen LogP contribution in [-0.4, -0.2) is 4.98 Å². The number of hydrogen-bond donors (Lipinski definition) is 0. The number of thiazole rings is 1. The van der Waals surface area contributed by atoms with E-state index in [0.717, 1.165) is 10.2 Å². The molecule has 0 aliphatic carbocycles. The van der Waals surface area contributed by atoms with Gasteiger partial charge in [0.05, 0.1) is 20.3 Å². The van der Waals surface area contributed by atoms with Gasteiger partial charge in [-0.25, -0.2) is 9.37 Å². The summed E-state index contributed by atoms with van der Waals surface area (Å²) >= 11 is 19.6. The van der Waals surface area contributed by atoms with Gasteiger partial charge in [-0.3, -0.25) is 0 Å². The maximum Gasteiger partial charge on any atom is 0.153 e. The SMILES string of the molecule is CC(Oc1cc2s[c]nc2cc1Cl)c1c(Cl)ccc(F)c1Cl. The summed E-state index contributed by atoms with van der Waals surface area (Å²) in [6.07, 6.45) is -0.567.